The zero-order chi connectivity index (χ0) is 34.9. The number of hydrogen-bond donors (Lipinski definition) is 2. The summed E-state index contributed by atoms with van der Waals surface area (Å²) in [6, 6.07) is 40.4. The van der Waals surface area contributed by atoms with Gasteiger partial charge in [0.2, 0.25) is 0 Å². The van der Waals surface area contributed by atoms with Gasteiger partial charge >= 0.3 is 0 Å². The first-order valence-corrected chi connectivity index (χ1v) is 19.3. The summed E-state index contributed by atoms with van der Waals surface area (Å²) >= 11 is 0. The van der Waals surface area contributed by atoms with Gasteiger partial charge in [-0.25, -0.2) is 0 Å². The van der Waals surface area contributed by atoms with Gasteiger partial charge in [0.05, 0.1) is 0 Å². The van der Waals surface area contributed by atoms with Crippen molar-refractivity contribution >= 4 is 70.3 Å². The molecule has 3 aliphatic rings. The summed E-state index contributed by atoms with van der Waals surface area (Å²) in [5, 5.41) is 19.9. The van der Waals surface area contributed by atoms with Crippen LogP contribution in [0.15, 0.2) is 147 Å². The number of fused-ring (bicyclic) bond motifs is 2. The highest BCUT2D eigenvalue weighted by molar-refractivity contribution is 6.25. The largest absolute Gasteiger partial charge is 0.384 e. The summed E-state index contributed by atoms with van der Waals surface area (Å²) in [5.41, 5.74) is 9.42. The second-order valence-corrected chi connectivity index (χ2v) is 16.0. The number of nitrogens with one attached hydrogen (secondary N) is 1. The van der Waals surface area contributed by atoms with Gasteiger partial charge in [-0.2, -0.15) is 0 Å². The van der Waals surface area contributed by atoms with E-state index in [9.17, 15) is 0 Å². The number of nitrogens with two attached hydrogens (primary N) is 1. The molecule has 11 rings (SSSR count). The predicted molar refractivity (Wildman–Crippen MR) is 225 cm³/mol. The van der Waals surface area contributed by atoms with Gasteiger partial charge in [0.1, 0.15) is 0 Å². The van der Waals surface area contributed by atoms with Gasteiger partial charge in [0, 0.05) is 23.7 Å². The molecule has 0 aliphatic heterocycles. The smallest absolute Gasteiger partial charge is 0.0420 e. The molecule has 7 atom stereocenters. The first-order chi connectivity index (χ1) is 25.6. The van der Waals surface area contributed by atoms with E-state index in [-0.39, 0.29) is 6.04 Å². The molecule has 0 spiro atoms. The molecule has 2 saturated carbocycles. The number of benzene rings is 8. The van der Waals surface area contributed by atoms with Gasteiger partial charge in [0.25, 0.3) is 0 Å². The Balaban J connectivity index is 0.000000130. The zero-order valence-corrected chi connectivity index (χ0v) is 29.8. The highest BCUT2D eigenvalue weighted by atomic mass is 14.9. The molecule has 0 aromatic heterocycles. The van der Waals surface area contributed by atoms with Crippen molar-refractivity contribution in [2.75, 3.05) is 11.9 Å². The van der Waals surface area contributed by atoms with Gasteiger partial charge in [-0.05, 0) is 132 Å². The monoisotopic (exact) mass is 674 g/mol. The first-order valence-electron chi connectivity index (χ1n) is 19.3. The van der Waals surface area contributed by atoms with E-state index in [1.54, 1.807) is 0 Å². The number of anilines is 1. The Morgan fingerprint density at radius 3 is 1.77 bits per heavy atom. The molecule has 7 unspecified atom stereocenters. The van der Waals surface area contributed by atoms with Crippen LogP contribution in [0, 0.1) is 35.5 Å². The van der Waals surface area contributed by atoms with E-state index in [0.717, 1.165) is 12.5 Å². The van der Waals surface area contributed by atoms with Crippen molar-refractivity contribution < 1.29 is 0 Å². The van der Waals surface area contributed by atoms with E-state index in [4.69, 9.17) is 5.73 Å². The average molecular weight is 675 g/mol. The summed E-state index contributed by atoms with van der Waals surface area (Å²) in [7, 11) is 0. The van der Waals surface area contributed by atoms with Crippen LogP contribution < -0.4 is 11.1 Å². The standard InChI is InChI=1S/C26H25N.C24H21N/c1-3-17-14-18(4-2)22(15-17)16-27-24-13-11-21-9-8-19-6-5-7-20-10-12-23(24)26(21)25(19)20;25-24(21-13-14-4-5-18(21)12-14)20-11-9-17-7-6-15-2-1-3-16-8-10-19(20)23(17)22(15)16/h3-13,17-18,22,27H,1-2,14-16H2;1-11,14,18,21,24H,12-13,25H2. The lowest BCUT2D eigenvalue weighted by Crippen LogP contribution is -2.24. The van der Waals surface area contributed by atoms with Crippen LogP contribution in [0.3, 0.4) is 0 Å². The van der Waals surface area contributed by atoms with Crippen LogP contribution in [0.1, 0.15) is 37.3 Å². The molecule has 3 N–H and O–H groups in total. The summed E-state index contributed by atoms with van der Waals surface area (Å²) in [6.45, 7) is 9.05. The van der Waals surface area contributed by atoms with E-state index in [2.05, 4.69) is 152 Å². The molecule has 2 nitrogen and oxygen atoms in total. The van der Waals surface area contributed by atoms with Gasteiger partial charge in [0.15, 0.2) is 0 Å². The Bertz CT molecular complexity index is 2620. The highest BCUT2D eigenvalue weighted by Gasteiger charge is 2.39. The fourth-order valence-electron chi connectivity index (χ4n) is 10.6. The molecule has 3 aliphatic carbocycles. The lowest BCUT2D eigenvalue weighted by Gasteiger charge is -2.27. The van der Waals surface area contributed by atoms with Crippen LogP contribution in [0.5, 0.6) is 0 Å². The minimum Gasteiger partial charge on any atom is -0.384 e. The Morgan fingerprint density at radius 1 is 0.596 bits per heavy atom. The lowest BCUT2D eigenvalue weighted by atomic mass is 9.81. The van der Waals surface area contributed by atoms with Gasteiger partial charge in [-0.15, -0.1) is 13.2 Å². The summed E-state index contributed by atoms with van der Waals surface area (Å²) in [5.74, 6) is 3.87. The van der Waals surface area contributed by atoms with Crippen LogP contribution in [0.4, 0.5) is 5.69 Å². The van der Waals surface area contributed by atoms with E-state index in [1.165, 1.54) is 102 Å². The Morgan fingerprint density at radius 2 is 1.17 bits per heavy atom. The molecule has 0 radical (unpaired) electrons. The fourth-order valence-corrected chi connectivity index (χ4v) is 10.6. The second-order valence-electron chi connectivity index (χ2n) is 16.0. The Labute approximate surface area is 306 Å². The lowest BCUT2D eigenvalue weighted by molar-refractivity contribution is 0.372. The van der Waals surface area contributed by atoms with Crippen LogP contribution >= 0.6 is 0 Å². The average Bonchev–Trinajstić information content (AvgIpc) is 3.95. The Hall–Kier alpha value is -5.18. The minimum atomic E-state index is 0.129. The van der Waals surface area contributed by atoms with Crippen LogP contribution in [-0.2, 0) is 0 Å². The first kappa shape index (κ1) is 31.5. The summed E-state index contributed by atoms with van der Waals surface area (Å²) < 4.78 is 0. The maximum atomic E-state index is 6.85. The van der Waals surface area contributed by atoms with Crippen LogP contribution in [0.2, 0.25) is 0 Å². The molecular formula is C50H46N2. The molecule has 2 bridgehead atoms. The van der Waals surface area contributed by atoms with Crippen LogP contribution in [-0.4, -0.2) is 6.54 Å². The number of hydrogen-bond acceptors (Lipinski definition) is 2. The van der Waals surface area contributed by atoms with E-state index in [0.29, 0.717) is 29.6 Å². The topological polar surface area (TPSA) is 38.0 Å². The van der Waals surface area contributed by atoms with Gasteiger partial charge in [-0.3, -0.25) is 0 Å². The van der Waals surface area contributed by atoms with Crippen molar-refractivity contribution in [1.29, 1.82) is 0 Å². The predicted octanol–water partition coefficient (Wildman–Crippen LogP) is 12.8. The molecule has 8 aromatic rings. The molecule has 0 saturated heterocycles. The molecule has 52 heavy (non-hydrogen) atoms. The zero-order valence-electron chi connectivity index (χ0n) is 29.8. The third kappa shape index (κ3) is 5.03. The molecule has 8 aromatic carbocycles. The third-order valence-electron chi connectivity index (χ3n) is 13.2. The molecule has 0 amide bonds. The van der Waals surface area contributed by atoms with Crippen molar-refractivity contribution in [2.24, 2.45) is 41.2 Å². The van der Waals surface area contributed by atoms with Gasteiger partial charge in [-0.1, -0.05) is 127 Å². The fraction of sp³-hybridized carbons (Fsp3) is 0.240. The van der Waals surface area contributed by atoms with Crippen molar-refractivity contribution in [3.63, 3.8) is 0 Å². The summed E-state index contributed by atoms with van der Waals surface area (Å²) in [6.07, 6.45) is 14.0. The molecular weight excluding hydrogens is 629 g/mol. The highest BCUT2D eigenvalue weighted by Crippen LogP contribution is 2.49. The Kier molecular flexibility index (Phi) is 7.58. The molecule has 0 heterocycles. The van der Waals surface area contributed by atoms with Crippen molar-refractivity contribution in [3.05, 3.63) is 152 Å². The number of rotatable bonds is 7. The quantitative estimate of drug-likeness (QED) is 0.130. The second kappa shape index (κ2) is 12.5. The molecule has 256 valence electrons. The van der Waals surface area contributed by atoms with E-state index in [1.807, 2.05) is 0 Å². The molecule has 2 fully saturated rings. The van der Waals surface area contributed by atoms with E-state index < -0.39 is 0 Å². The third-order valence-corrected chi connectivity index (χ3v) is 13.2. The SMILES string of the molecule is C=CC1CC(C=C)C(CNc2ccc3ccc4cccc5ccc2c3c45)C1.NC(c1ccc2ccc3cccc4ccc1c2c34)C1CC2C=CC1C2. The van der Waals surface area contributed by atoms with Gasteiger partial charge < -0.3 is 11.1 Å². The van der Waals surface area contributed by atoms with E-state index >= 15 is 0 Å². The van der Waals surface area contributed by atoms with Crippen molar-refractivity contribution in [1.82, 2.24) is 0 Å². The van der Waals surface area contributed by atoms with Crippen molar-refractivity contribution in [3.8, 4) is 0 Å². The van der Waals surface area contributed by atoms with Crippen LogP contribution in [0.25, 0.3) is 64.6 Å². The maximum Gasteiger partial charge on any atom is 0.0420 e. The summed E-state index contributed by atoms with van der Waals surface area (Å²) in [4.78, 5) is 0. The number of allylic oxidation sites excluding steroid dienone is 4. The normalized spacial score (nSPS) is 24.4. The maximum absolute atomic E-state index is 6.85. The van der Waals surface area contributed by atoms with Crippen molar-refractivity contribution in [2.45, 2.75) is 31.7 Å². The molecule has 2 heteroatoms. The minimum absolute atomic E-state index is 0.129.